The molecule has 5 heteroatoms. The van der Waals surface area contributed by atoms with Crippen LogP contribution in [0.2, 0.25) is 0 Å². The van der Waals surface area contributed by atoms with E-state index in [4.69, 9.17) is 5.73 Å². The van der Waals surface area contributed by atoms with E-state index in [0.29, 0.717) is 17.0 Å². The van der Waals surface area contributed by atoms with Crippen LogP contribution in [0.1, 0.15) is 32.7 Å². The highest BCUT2D eigenvalue weighted by Crippen LogP contribution is 2.15. The van der Waals surface area contributed by atoms with E-state index < -0.39 is 0 Å². The molecule has 0 atom stereocenters. The Morgan fingerprint density at radius 1 is 1.12 bits per heavy atom. The summed E-state index contributed by atoms with van der Waals surface area (Å²) in [5.74, 6) is 1.34. The molecule has 0 aliphatic rings. The molecule has 1 heterocycles. The predicted molar refractivity (Wildman–Crippen MR) is 69.3 cm³/mol. The molecule has 0 spiro atoms. The third kappa shape index (κ3) is 4.90. The van der Waals surface area contributed by atoms with Crippen LogP contribution in [0.3, 0.4) is 0 Å². The molecule has 1 aromatic rings. The average Bonchev–Trinajstić information content (AvgIpc) is 2.48. The van der Waals surface area contributed by atoms with Gasteiger partial charge in [0.25, 0.3) is 0 Å². The Kier molecular flexibility index (Phi) is 5.15. The number of anilines is 1. The highest BCUT2D eigenvalue weighted by Gasteiger charge is 2.12. The van der Waals surface area contributed by atoms with Gasteiger partial charge in [-0.3, -0.25) is 4.90 Å². The van der Waals surface area contributed by atoms with Gasteiger partial charge in [-0.2, -0.15) is 0 Å². The van der Waals surface area contributed by atoms with Crippen molar-refractivity contribution in [2.75, 3.05) is 18.8 Å². The third-order valence-electron chi connectivity index (χ3n) is 2.09. The number of nitrogen functional groups attached to an aromatic ring is 1. The molecule has 0 saturated carbocycles. The van der Waals surface area contributed by atoms with Crippen molar-refractivity contribution in [1.82, 2.24) is 15.1 Å². The van der Waals surface area contributed by atoms with Gasteiger partial charge in [0.1, 0.15) is 5.01 Å². The van der Waals surface area contributed by atoms with Gasteiger partial charge < -0.3 is 5.73 Å². The molecule has 92 valence electrons. The number of nitrogens with zero attached hydrogens (tertiary/aromatic N) is 3. The van der Waals surface area contributed by atoms with Crippen molar-refractivity contribution in [3.8, 4) is 0 Å². The Hall–Kier alpha value is -0.680. The Bertz CT molecular complexity index is 299. The minimum Gasteiger partial charge on any atom is -0.374 e. The summed E-state index contributed by atoms with van der Waals surface area (Å²) in [6.07, 6.45) is 0. The fraction of sp³-hybridized carbons (Fsp3) is 0.818. The number of hydrogen-bond donors (Lipinski definition) is 1. The molecule has 0 bridgehead atoms. The molecule has 16 heavy (non-hydrogen) atoms. The van der Waals surface area contributed by atoms with Gasteiger partial charge in [-0.25, -0.2) is 0 Å². The van der Waals surface area contributed by atoms with Gasteiger partial charge in [0.2, 0.25) is 5.13 Å². The summed E-state index contributed by atoms with van der Waals surface area (Å²) >= 11 is 1.48. The van der Waals surface area contributed by atoms with E-state index in [1.807, 2.05) is 0 Å². The monoisotopic (exact) mass is 242 g/mol. The topological polar surface area (TPSA) is 55.0 Å². The average molecular weight is 242 g/mol. The van der Waals surface area contributed by atoms with Crippen molar-refractivity contribution < 1.29 is 0 Å². The predicted octanol–water partition coefficient (Wildman–Crippen LogP) is 2.23. The van der Waals surface area contributed by atoms with Crippen molar-refractivity contribution in [1.29, 1.82) is 0 Å². The molecular weight excluding hydrogens is 220 g/mol. The van der Waals surface area contributed by atoms with Gasteiger partial charge >= 0.3 is 0 Å². The van der Waals surface area contributed by atoms with Crippen LogP contribution in [0, 0.1) is 11.8 Å². The summed E-state index contributed by atoms with van der Waals surface area (Å²) < 4.78 is 0. The van der Waals surface area contributed by atoms with E-state index in [1.165, 1.54) is 11.3 Å². The quantitative estimate of drug-likeness (QED) is 0.831. The Balaban J connectivity index is 2.55. The number of rotatable bonds is 6. The Labute approximate surface area is 102 Å². The molecule has 0 fully saturated rings. The minimum atomic E-state index is 0.559. The second-order valence-corrected chi connectivity index (χ2v) is 6.11. The molecule has 0 aromatic carbocycles. The molecular formula is C11H22N4S. The maximum atomic E-state index is 5.58. The summed E-state index contributed by atoms with van der Waals surface area (Å²) in [4.78, 5) is 2.43. The molecule has 0 radical (unpaired) electrons. The molecule has 0 amide bonds. The first kappa shape index (κ1) is 13.4. The minimum absolute atomic E-state index is 0.559. The van der Waals surface area contributed by atoms with Gasteiger partial charge in [0.05, 0.1) is 6.54 Å². The molecule has 0 aliphatic heterocycles. The fourth-order valence-corrected chi connectivity index (χ4v) is 2.41. The standard InChI is InChI=1S/C11H22N4S/c1-8(2)5-15(6-9(3)4)7-10-13-14-11(12)16-10/h8-9H,5-7H2,1-4H3,(H2,12,14). The number of aromatic nitrogens is 2. The van der Waals surface area contributed by atoms with Crippen molar-refractivity contribution in [3.63, 3.8) is 0 Å². The molecule has 0 unspecified atom stereocenters. The second-order valence-electron chi connectivity index (χ2n) is 5.02. The van der Waals surface area contributed by atoms with Crippen molar-refractivity contribution in [2.45, 2.75) is 34.2 Å². The van der Waals surface area contributed by atoms with Crippen LogP contribution in [-0.2, 0) is 6.54 Å². The van der Waals surface area contributed by atoms with Crippen LogP contribution in [0.5, 0.6) is 0 Å². The molecule has 2 N–H and O–H groups in total. The molecule has 0 saturated heterocycles. The van der Waals surface area contributed by atoms with Crippen molar-refractivity contribution >= 4 is 16.5 Å². The zero-order valence-electron chi connectivity index (χ0n) is 10.6. The van der Waals surface area contributed by atoms with Crippen LogP contribution in [0.25, 0.3) is 0 Å². The first-order chi connectivity index (χ1) is 7.47. The lowest BCUT2D eigenvalue weighted by molar-refractivity contribution is 0.211. The van der Waals surface area contributed by atoms with Crippen molar-refractivity contribution in [2.24, 2.45) is 11.8 Å². The summed E-state index contributed by atoms with van der Waals surface area (Å²) in [5.41, 5.74) is 5.58. The molecule has 4 nitrogen and oxygen atoms in total. The molecule has 1 aromatic heterocycles. The van der Waals surface area contributed by atoms with E-state index in [9.17, 15) is 0 Å². The Morgan fingerprint density at radius 2 is 1.69 bits per heavy atom. The molecule has 1 rings (SSSR count). The van der Waals surface area contributed by atoms with Crippen LogP contribution < -0.4 is 5.73 Å². The van der Waals surface area contributed by atoms with Gasteiger partial charge in [-0.05, 0) is 11.8 Å². The largest absolute Gasteiger partial charge is 0.374 e. The lowest BCUT2D eigenvalue weighted by atomic mass is 10.1. The van der Waals surface area contributed by atoms with E-state index in [2.05, 4.69) is 42.8 Å². The fourth-order valence-electron chi connectivity index (χ4n) is 1.76. The molecule has 0 aliphatic carbocycles. The lowest BCUT2D eigenvalue weighted by Gasteiger charge is -2.24. The number of hydrogen-bond acceptors (Lipinski definition) is 5. The summed E-state index contributed by atoms with van der Waals surface area (Å²) in [5, 5.41) is 9.49. The SMILES string of the molecule is CC(C)CN(Cc1nnc(N)s1)CC(C)C. The smallest absolute Gasteiger partial charge is 0.203 e. The van der Waals surface area contributed by atoms with E-state index >= 15 is 0 Å². The van der Waals surface area contributed by atoms with Gasteiger partial charge in [-0.15, -0.1) is 10.2 Å². The highest BCUT2D eigenvalue weighted by molar-refractivity contribution is 7.15. The number of nitrogens with two attached hydrogens (primary N) is 1. The Morgan fingerprint density at radius 3 is 2.06 bits per heavy atom. The van der Waals surface area contributed by atoms with E-state index in [1.54, 1.807) is 0 Å². The summed E-state index contributed by atoms with van der Waals surface area (Å²) in [6.45, 7) is 12.0. The second kappa shape index (κ2) is 6.15. The lowest BCUT2D eigenvalue weighted by Crippen LogP contribution is -2.30. The van der Waals surface area contributed by atoms with Crippen LogP contribution in [-0.4, -0.2) is 28.2 Å². The van der Waals surface area contributed by atoms with Gasteiger partial charge in [0, 0.05) is 13.1 Å². The summed E-state index contributed by atoms with van der Waals surface area (Å²) in [6, 6.07) is 0. The normalized spacial score (nSPS) is 11.9. The van der Waals surface area contributed by atoms with Crippen LogP contribution >= 0.6 is 11.3 Å². The van der Waals surface area contributed by atoms with E-state index in [0.717, 1.165) is 24.6 Å². The zero-order chi connectivity index (χ0) is 12.1. The van der Waals surface area contributed by atoms with E-state index in [-0.39, 0.29) is 0 Å². The maximum absolute atomic E-state index is 5.58. The zero-order valence-corrected chi connectivity index (χ0v) is 11.4. The first-order valence-electron chi connectivity index (χ1n) is 5.77. The highest BCUT2D eigenvalue weighted by atomic mass is 32.1. The van der Waals surface area contributed by atoms with Crippen LogP contribution in [0.4, 0.5) is 5.13 Å². The third-order valence-corrected chi connectivity index (χ3v) is 2.83. The van der Waals surface area contributed by atoms with Gasteiger partial charge in [-0.1, -0.05) is 39.0 Å². The van der Waals surface area contributed by atoms with Crippen molar-refractivity contribution in [3.05, 3.63) is 5.01 Å². The summed E-state index contributed by atoms with van der Waals surface area (Å²) in [7, 11) is 0. The maximum Gasteiger partial charge on any atom is 0.203 e. The van der Waals surface area contributed by atoms with Crippen LogP contribution in [0.15, 0.2) is 0 Å². The first-order valence-corrected chi connectivity index (χ1v) is 6.59. The van der Waals surface area contributed by atoms with Gasteiger partial charge in [0.15, 0.2) is 0 Å².